The van der Waals surface area contributed by atoms with Gasteiger partial charge in [-0.1, -0.05) is 35.5 Å². The van der Waals surface area contributed by atoms with Gasteiger partial charge in [-0.3, -0.25) is 0 Å². The largest absolute Gasteiger partial charge is 0.493 e. The molecule has 0 aliphatic rings. The van der Waals surface area contributed by atoms with Crippen molar-refractivity contribution in [3.05, 3.63) is 63.4 Å². The van der Waals surface area contributed by atoms with E-state index < -0.39 is 0 Å². The zero-order chi connectivity index (χ0) is 16.2. The van der Waals surface area contributed by atoms with E-state index in [2.05, 4.69) is 27.7 Å². The highest BCUT2D eigenvalue weighted by atomic mass is 127. The lowest BCUT2D eigenvalue weighted by atomic mass is 10.1. The first-order valence-corrected chi connectivity index (χ1v) is 8.23. The SMILES string of the molecule is COc1cc(-c2cc(C)on2)c(I)cc1OCc1ccccc1. The van der Waals surface area contributed by atoms with E-state index in [1.165, 1.54) is 0 Å². The third-order valence-corrected chi connectivity index (χ3v) is 4.29. The average Bonchev–Trinajstić information content (AvgIpc) is 3.00. The summed E-state index contributed by atoms with van der Waals surface area (Å²) in [5, 5.41) is 4.07. The highest BCUT2D eigenvalue weighted by Gasteiger charge is 2.14. The van der Waals surface area contributed by atoms with Crippen LogP contribution >= 0.6 is 22.6 Å². The number of aromatic nitrogens is 1. The Labute approximate surface area is 148 Å². The van der Waals surface area contributed by atoms with E-state index in [0.29, 0.717) is 18.1 Å². The van der Waals surface area contributed by atoms with Gasteiger partial charge < -0.3 is 14.0 Å². The Morgan fingerprint density at radius 1 is 1.09 bits per heavy atom. The number of ether oxygens (including phenoxy) is 2. The molecule has 5 heteroatoms. The van der Waals surface area contributed by atoms with Crippen molar-refractivity contribution < 1.29 is 14.0 Å². The first-order chi connectivity index (χ1) is 11.2. The van der Waals surface area contributed by atoms with Crippen LogP contribution in [-0.2, 0) is 6.61 Å². The zero-order valence-corrected chi connectivity index (χ0v) is 15.0. The Morgan fingerprint density at radius 3 is 2.52 bits per heavy atom. The number of hydrogen-bond donors (Lipinski definition) is 0. The van der Waals surface area contributed by atoms with Crippen molar-refractivity contribution in [3.63, 3.8) is 0 Å². The van der Waals surface area contributed by atoms with Crippen LogP contribution < -0.4 is 9.47 Å². The van der Waals surface area contributed by atoms with Crippen molar-refractivity contribution in [2.75, 3.05) is 7.11 Å². The normalized spacial score (nSPS) is 10.6. The van der Waals surface area contributed by atoms with Crippen LogP contribution in [0, 0.1) is 10.5 Å². The summed E-state index contributed by atoms with van der Waals surface area (Å²) >= 11 is 2.27. The molecule has 0 saturated carbocycles. The van der Waals surface area contributed by atoms with Crippen LogP contribution in [0.5, 0.6) is 11.5 Å². The van der Waals surface area contributed by atoms with Crippen LogP contribution in [0.3, 0.4) is 0 Å². The molecule has 118 valence electrons. The predicted octanol–water partition coefficient (Wildman–Crippen LogP) is 4.84. The molecule has 0 aliphatic heterocycles. The van der Waals surface area contributed by atoms with E-state index in [1.54, 1.807) is 7.11 Å². The van der Waals surface area contributed by atoms with Crippen LogP contribution in [0.4, 0.5) is 0 Å². The lowest BCUT2D eigenvalue weighted by Crippen LogP contribution is -1.99. The fraction of sp³-hybridized carbons (Fsp3) is 0.167. The second kappa shape index (κ2) is 7.04. The Morgan fingerprint density at radius 2 is 1.87 bits per heavy atom. The minimum absolute atomic E-state index is 0.496. The van der Waals surface area contributed by atoms with Crippen molar-refractivity contribution >= 4 is 22.6 Å². The maximum absolute atomic E-state index is 5.92. The quantitative estimate of drug-likeness (QED) is 0.553. The van der Waals surface area contributed by atoms with Gasteiger partial charge in [0.15, 0.2) is 11.5 Å². The Hall–Kier alpha value is -2.02. The van der Waals surface area contributed by atoms with Crippen molar-refractivity contribution in [1.82, 2.24) is 5.16 Å². The van der Waals surface area contributed by atoms with Crippen LogP contribution in [0.2, 0.25) is 0 Å². The van der Waals surface area contributed by atoms with E-state index in [9.17, 15) is 0 Å². The standard InChI is InChI=1S/C18H16INO3/c1-12-8-16(20-23-12)14-9-17(21-2)18(10-15(14)19)22-11-13-6-4-3-5-7-13/h3-10H,11H2,1-2H3. The molecule has 0 spiro atoms. The second-order valence-corrected chi connectivity index (χ2v) is 6.24. The van der Waals surface area contributed by atoms with Crippen LogP contribution in [0.1, 0.15) is 11.3 Å². The third kappa shape index (κ3) is 3.67. The number of benzene rings is 2. The van der Waals surface area contributed by atoms with E-state index >= 15 is 0 Å². The number of aryl methyl sites for hydroxylation is 1. The summed E-state index contributed by atoms with van der Waals surface area (Å²) < 4.78 is 17.6. The predicted molar refractivity (Wildman–Crippen MR) is 96.7 cm³/mol. The molecule has 0 bridgehead atoms. The van der Waals surface area contributed by atoms with E-state index in [0.717, 1.165) is 26.2 Å². The number of methoxy groups -OCH3 is 1. The fourth-order valence-electron chi connectivity index (χ4n) is 2.23. The number of rotatable bonds is 5. The molecular weight excluding hydrogens is 405 g/mol. The van der Waals surface area contributed by atoms with E-state index in [4.69, 9.17) is 14.0 Å². The van der Waals surface area contributed by atoms with Crippen LogP contribution in [0.25, 0.3) is 11.3 Å². The van der Waals surface area contributed by atoms with Crippen LogP contribution in [0.15, 0.2) is 53.1 Å². The van der Waals surface area contributed by atoms with Gasteiger partial charge in [-0.15, -0.1) is 0 Å². The maximum atomic E-state index is 5.92. The topological polar surface area (TPSA) is 44.5 Å². The van der Waals surface area contributed by atoms with Crippen molar-refractivity contribution in [2.24, 2.45) is 0 Å². The molecule has 2 aromatic carbocycles. The summed E-state index contributed by atoms with van der Waals surface area (Å²) in [6.07, 6.45) is 0. The molecule has 0 aliphatic carbocycles. The molecule has 0 atom stereocenters. The second-order valence-electron chi connectivity index (χ2n) is 5.08. The molecule has 0 unspecified atom stereocenters. The summed E-state index contributed by atoms with van der Waals surface area (Å²) in [5.74, 6) is 2.17. The van der Waals surface area contributed by atoms with Gasteiger partial charge in [0, 0.05) is 15.2 Å². The summed E-state index contributed by atoms with van der Waals surface area (Å²) in [4.78, 5) is 0. The highest BCUT2D eigenvalue weighted by molar-refractivity contribution is 14.1. The van der Waals surface area contributed by atoms with Gasteiger partial charge in [0.25, 0.3) is 0 Å². The van der Waals surface area contributed by atoms with Crippen molar-refractivity contribution in [2.45, 2.75) is 13.5 Å². The van der Waals surface area contributed by atoms with Gasteiger partial charge in [-0.25, -0.2) is 0 Å². The summed E-state index contributed by atoms with van der Waals surface area (Å²) in [6.45, 7) is 2.37. The fourth-order valence-corrected chi connectivity index (χ4v) is 2.95. The molecule has 3 rings (SSSR count). The summed E-state index contributed by atoms with van der Waals surface area (Å²) in [6, 6.07) is 15.8. The molecule has 3 aromatic rings. The Kier molecular flexibility index (Phi) is 4.85. The Bertz CT molecular complexity index is 799. The van der Waals surface area contributed by atoms with Crippen LogP contribution in [-0.4, -0.2) is 12.3 Å². The minimum atomic E-state index is 0.496. The molecule has 4 nitrogen and oxygen atoms in total. The number of halogens is 1. The average molecular weight is 421 g/mol. The molecule has 1 heterocycles. The van der Waals surface area contributed by atoms with Gasteiger partial charge in [0.05, 0.1) is 7.11 Å². The lowest BCUT2D eigenvalue weighted by molar-refractivity contribution is 0.284. The lowest BCUT2D eigenvalue weighted by Gasteiger charge is -2.13. The van der Waals surface area contributed by atoms with Gasteiger partial charge >= 0.3 is 0 Å². The summed E-state index contributed by atoms with van der Waals surface area (Å²) in [5.41, 5.74) is 2.87. The minimum Gasteiger partial charge on any atom is -0.493 e. The molecule has 0 saturated heterocycles. The maximum Gasteiger partial charge on any atom is 0.162 e. The third-order valence-electron chi connectivity index (χ3n) is 3.39. The van der Waals surface area contributed by atoms with Crippen molar-refractivity contribution in [3.8, 4) is 22.8 Å². The molecule has 23 heavy (non-hydrogen) atoms. The first-order valence-electron chi connectivity index (χ1n) is 7.15. The van der Waals surface area contributed by atoms with E-state index in [1.807, 2.05) is 55.5 Å². The van der Waals surface area contributed by atoms with Gasteiger partial charge in [0.1, 0.15) is 18.1 Å². The summed E-state index contributed by atoms with van der Waals surface area (Å²) in [7, 11) is 1.63. The van der Waals surface area contributed by atoms with Gasteiger partial charge in [0.2, 0.25) is 0 Å². The van der Waals surface area contributed by atoms with Crippen molar-refractivity contribution in [1.29, 1.82) is 0 Å². The highest BCUT2D eigenvalue weighted by Crippen LogP contribution is 2.36. The molecular formula is C18H16INO3. The monoisotopic (exact) mass is 421 g/mol. The number of nitrogens with zero attached hydrogens (tertiary/aromatic N) is 1. The molecule has 0 amide bonds. The smallest absolute Gasteiger partial charge is 0.162 e. The molecule has 1 aromatic heterocycles. The zero-order valence-electron chi connectivity index (χ0n) is 12.9. The first kappa shape index (κ1) is 15.9. The van der Waals surface area contributed by atoms with Gasteiger partial charge in [-0.2, -0.15) is 0 Å². The molecule has 0 N–H and O–H groups in total. The number of hydrogen-bond acceptors (Lipinski definition) is 4. The van der Waals surface area contributed by atoms with E-state index in [-0.39, 0.29) is 0 Å². The molecule has 0 fully saturated rings. The molecule has 0 radical (unpaired) electrons. The van der Waals surface area contributed by atoms with Gasteiger partial charge in [-0.05, 0) is 47.2 Å². The Balaban J connectivity index is 1.88.